The molecule has 0 unspecified atom stereocenters. The minimum atomic E-state index is 0.735. The molecule has 0 amide bonds. The summed E-state index contributed by atoms with van der Waals surface area (Å²) in [7, 11) is 3.91. The Balaban J connectivity index is 2.79. The number of hydrogen-bond acceptors (Lipinski definition) is 4. The fraction of sp³-hybridized carbons (Fsp3) is 0.444. The maximum Gasteiger partial charge on any atom is 0.183 e. The van der Waals surface area contributed by atoms with Crippen molar-refractivity contribution >= 4 is 17.0 Å². The van der Waals surface area contributed by atoms with Gasteiger partial charge in [-0.05, 0) is 13.8 Å². The van der Waals surface area contributed by atoms with Crippen molar-refractivity contribution in [2.45, 2.75) is 13.8 Å². The monoisotopic (exact) mass is 191 g/mol. The molecule has 0 fully saturated rings. The van der Waals surface area contributed by atoms with Gasteiger partial charge in [0.15, 0.2) is 11.5 Å². The standard InChI is InChI=1S/C9H13N5/c1-5-10-7-8(11-5)12-6(2)13-9(7)14(3)4/h1-4H3,(H,10,11,12,13). The molecule has 2 aromatic heterocycles. The number of aromatic amines is 1. The minimum Gasteiger partial charge on any atom is -0.361 e. The number of nitrogens with zero attached hydrogens (tertiary/aromatic N) is 4. The van der Waals surface area contributed by atoms with Crippen molar-refractivity contribution in [3.8, 4) is 0 Å². The lowest BCUT2D eigenvalue weighted by atomic mass is 10.4. The van der Waals surface area contributed by atoms with Gasteiger partial charge in [-0.15, -0.1) is 0 Å². The lowest BCUT2D eigenvalue weighted by Crippen LogP contribution is -2.12. The smallest absolute Gasteiger partial charge is 0.183 e. The summed E-state index contributed by atoms with van der Waals surface area (Å²) in [6.07, 6.45) is 0. The molecular formula is C9H13N5. The fourth-order valence-electron chi connectivity index (χ4n) is 1.43. The zero-order valence-electron chi connectivity index (χ0n) is 8.79. The van der Waals surface area contributed by atoms with Crippen LogP contribution in [0.3, 0.4) is 0 Å². The Morgan fingerprint density at radius 1 is 1.07 bits per heavy atom. The highest BCUT2D eigenvalue weighted by Crippen LogP contribution is 2.19. The highest BCUT2D eigenvalue weighted by molar-refractivity contribution is 5.83. The van der Waals surface area contributed by atoms with E-state index >= 15 is 0 Å². The third-order valence-electron chi connectivity index (χ3n) is 1.99. The number of rotatable bonds is 1. The average molecular weight is 191 g/mol. The van der Waals surface area contributed by atoms with E-state index in [9.17, 15) is 0 Å². The largest absolute Gasteiger partial charge is 0.361 e. The van der Waals surface area contributed by atoms with E-state index in [1.54, 1.807) is 0 Å². The Morgan fingerprint density at radius 3 is 2.43 bits per heavy atom. The third-order valence-corrected chi connectivity index (χ3v) is 1.99. The van der Waals surface area contributed by atoms with Crippen LogP contribution in [0.15, 0.2) is 0 Å². The lowest BCUT2D eigenvalue weighted by molar-refractivity contribution is 1.01. The van der Waals surface area contributed by atoms with Crippen LogP contribution in [0.25, 0.3) is 11.2 Å². The molecule has 0 aromatic carbocycles. The van der Waals surface area contributed by atoms with Gasteiger partial charge in [0.25, 0.3) is 0 Å². The van der Waals surface area contributed by atoms with Gasteiger partial charge in [0.1, 0.15) is 17.2 Å². The van der Waals surface area contributed by atoms with E-state index in [4.69, 9.17) is 0 Å². The van der Waals surface area contributed by atoms with E-state index in [-0.39, 0.29) is 0 Å². The Kier molecular flexibility index (Phi) is 1.87. The van der Waals surface area contributed by atoms with Gasteiger partial charge in [0.2, 0.25) is 0 Å². The van der Waals surface area contributed by atoms with Gasteiger partial charge in [-0.2, -0.15) is 0 Å². The summed E-state index contributed by atoms with van der Waals surface area (Å²) >= 11 is 0. The summed E-state index contributed by atoms with van der Waals surface area (Å²) < 4.78 is 0. The van der Waals surface area contributed by atoms with Crippen LogP contribution in [0.5, 0.6) is 0 Å². The van der Waals surface area contributed by atoms with Crippen LogP contribution >= 0.6 is 0 Å². The average Bonchev–Trinajstić information content (AvgIpc) is 2.42. The molecule has 0 saturated heterocycles. The van der Waals surface area contributed by atoms with Crippen molar-refractivity contribution in [2.75, 3.05) is 19.0 Å². The summed E-state index contributed by atoms with van der Waals surface area (Å²) in [4.78, 5) is 18.0. The zero-order valence-corrected chi connectivity index (χ0v) is 8.79. The summed E-state index contributed by atoms with van der Waals surface area (Å²) in [6.45, 7) is 3.78. The molecule has 5 nitrogen and oxygen atoms in total. The summed E-state index contributed by atoms with van der Waals surface area (Å²) in [5.74, 6) is 2.49. The molecule has 0 spiro atoms. The van der Waals surface area contributed by atoms with Crippen LogP contribution in [0.2, 0.25) is 0 Å². The number of anilines is 1. The Labute approximate surface area is 82.2 Å². The van der Waals surface area contributed by atoms with Crippen LogP contribution in [0.4, 0.5) is 5.82 Å². The summed E-state index contributed by atoms with van der Waals surface area (Å²) in [6, 6.07) is 0. The molecule has 2 aromatic rings. The molecule has 0 aliphatic rings. The van der Waals surface area contributed by atoms with E-state index in [0.717, 1.165) is 28.6 Å². The Bertz CT molecular complexity index is 471. The molecule has 0 bridgehead atoms. The maximum absolute atomic E-state index is 4.36. The van der Waals surface area contributed by atoms with Gasteiger partial charge < -0.3 is 9.88 Å². The number of aryl methyl sites for hydroxylation is 2. The van der Waals surface area contributed by atoms with E-state index in [0.29, 0.717) is 0 Å². The first-order valence-corrected chi connectivity index (χ1v) is 4.46. The summed E-state index contributed by atoms with van der Waals surface area (Å²) in [5, 5.41) is 0. The van der Waals surface area contributed by atoms with Crippen LogP contribution in [-0.2, 0) is 0 Å². The van der Waals surface area contributed by atoms with Gasteiger partial charge in [-0.1, -0.05) is 0 Å². The number of imidazole rings is 1. The maximum atomic E-state index is 4.36. The van der Waals surface area contributed by atoms with Gasteiger partial charge in [-0.25, -0.2) is 15.0 Å². The van der Waals surface area contributed by atoms with Crippen molar-refractivity contribution in [1.29, 1.82) is 0 Å². The molecule has 0 aliphatic carbocycles. The van der Waals surface area contributed by atoms with Crippen molar-refractivity contribution in [1.82, 2.24) is 19.9 Å². The minimum absolute atomic E-state index is 0.735. The van der Waals surface area contributed by atoms with Crippen LogP contribution in [0, 0.1) is 13.8 Å². The first-order valence-electron chi connectivity index (χ1n) is 4.46. The second kappa shape index (κ2) is 2.94. The predicted molar refractivity (Wildman–Crippen MR) is 55.5 cm³/mol. The van der Waals surface area contributed by atoms with Gasteiger partial charge >= 0.3 is 0 Å². The van der Waals surface area contributed by atoms with Crippen molar-refractivity contribution < 1.29 is 0 Å². The van der Waals surface area contributed by atoms with E-state index < -0.39 is 0 Å². The van der Waals surface area contributed by atoms with Crippen LogP contribution in [-0.4, -0.2) is 34.0 Å². The van der Waals surface area contributed by atoms with Crippen molar-refractivity contribution in [2.24, 2.45) is 0 Å². The molecule has 5 heteroatoms. The lowest BCUT2D eigenvalue weighted by Gasteiger charge is -2.11. The molecule has 0 radical (unpaired) electrons. The highest BCUT2D eigenvalue weighted by atomic mass is 15.2. The predicted octanol–water partition coefficient (Wildman–Crippen LogP) is 1.04. The molecular weight excluding hydrogens is 178 g/mol. The number of nitrogens with one attached hydrogen (secondary N) is 1. The van der Waals surface area contributed by atoms with Crippen LogP contribution in [0.1, 0.15) is 11.6 Å². The zero-order chi connectivity index (χ0) is 10.3. The second-order valence-corrected chi connectivity index (χ2v) is 3.51. The third kappa shape index (κ3) is 1.30. The second-order valence-electron chi connectivity index (χ2n) is 3.51. The molecule has 1 N–H and O–H groups in total. The number of H-pyrrole nitrogens is 1. The first kappa shape index (κ1) is 8.93. The van der Waals surface area contributed by atoms with Gasteiger partial charge in [-0.3, -0.25) is 0 Å². The van der Waals surface area contributed by atoms with E-state index in [1.807, 2.05) is 32.8 Å². The number of hydrogen-bond donors (Lipinski definition) is 1. The Hall–Kier alpha value is -1.65. The molecule has 2 heterocycles. The van der Waals surface area contributed by atoms with E-state index in [1.165, 1.54) is 0 Å². The van der Waals surface area contributed by atoms with Gasteiger partial charge in [0, 0.05) is 14.1 Å². The van der Waals surface area contributed by atoms with E-state index in [2.05, 4.69) is 19.9 Å². The highest BCUT2D eigenvalue weighted by Gasteiger charge is 2.10. The molecule has 0 aliphatic heterocycles. The fourth-order valence-corrected chi connectivity index (χ4v) is 1.43. The topological polar surface area (TPSA) is 57.7 Å². The normalized spacial score (nSPS) is 10.9. The molecule has 14 heavy (non-hydrogen) atoms. The summed E-state index contributed by atoms with van der Waals surface area (Å²) in [5.41, 5.74) is 1.64. The molecule has 0 atom stereocenters. The van der Waals surface area contributed by atoms with Crippen molar-refractivity contribution in [3.63, 3.8) is 0 Å². The van der Waals surface area contributed by atoms with Crippen LogP contribution < -0.4 is 4.90 Å². The Morgan fingerprint density at radius 2 is 1.79 bits per heavy atom. The quantitative estimate of drug-likeness (QED) is 0.731. The number of aromatic nitrogens is 4. The SMILES string of the molecule is Cc1nc(N(C)C)c2[nH]c(C)nc2n1. The van der Waals surface area contributed by atoms with Crippen molar-refractivity contribution in [3.05, 3.63) is 11.6 Å². The number of fused-ring (bicyclic) bond motifs is 1. The van der Waals surface area contributed by atoms with Gasteiger partial charge in [0.05, 0.1) is 0 Å². The molecule has 74 valence electrons. The first-order chi connectivity index (χ1) is 6.58. The molecule has 0 saturated carbocycles. The molecule has 2 rings (SSSR count).